The Labute approximate surface area is 200 Å². The number of hydrogen-bond donors (Lipinski definition) is 1. The summed E-state index contributed by atoms with van der Waals surface area (Å²) in [6.45, 7) is 1.44. The first kappa shape index (κ1) is 22.8. The van der Waals surface area contributed by atoms with Crippen LogP contribution in [0.3, 0.4) is 0 Å². The molecule has 0 bridgehead atoms. The third-order valence-corrected chi connectivity index (χ3v) is 8.47. The number of carbonyl (C=O) groups excluding carboxylic acids is 1. The van der Waals surface area contributed by atoms with Crippen molar-refractivity contribution < 1.29 is 13.2 Å². The third kappa shape index (κ3) is 4.93. The summed E-state index contributed by atoms with van der Waals surface area (Å²) in [6.07, 6.45) is 4.69. The zero-order chi connectivity index (χ0) is 23.5. The molecule has 2 atom stereocenters. The first-order chi connectivity index (χ1) is 16.5. The number of amides is 1. The number of benzene rings is 2. The minimum Gasteiger partial charge on any atom is -0.348 e. The molecule has 34 heavy (non-hydrogen) atoms. The van der Waals surface area contributed by atoms with E-state index in [1.165, 1.54) is 11.3 Å². The number of nitrogens with zero attached hydrogens (tertiary/aromatic N) is 3. The number of sulfone groups is 1. The van der Waals surface area contributed by atoms with Crippen LogP contribution in [-0.4, -0.2) is 53.6 Å². The maximum absolute atomic E-state index is 13.7. The summed E-state index contributed by atoms with van der Waals surface area (Å²) in [4.78, 5) is 15.6. The van der Waals surface area contributed by atoms with E-state index in [1.54, 1.807) is 0 Å². The highest BCUT2D eigenvalue weighted by molar-refractivity contribution is 7.91. The van der Waals surface area contributed by atoms with E-state index in [4.69, 9.17) is 0 Å². The molecule has 3 aromatic rings. The second-order valence-corrected chi connectivity index (χ2v) is 11.4. The van der Waals surface area contributed by atoms with Gasteiger partial charge in [-0.3, -0.25) is 14.4 Å². The Bertz CT molecular complexity index is 1230. The van der Waals surface area contributed by atoms with Gasteiger partial charge >= 0.3 is 0 Å². The van der Waals surface area contributed by atoms with Crippen LogP contribution in [0.4, 0.5) is 0 Å². The van der Waals surface area contributed by atoms with Gasteiger partial charge in [0.05, 0.1) is 30.3 Å². The molecule has 0 spiro atoms. The number of nitrogens with one attached hydrogen (secondary N) is 1. The van der Waals surface area contributed by atoms with Gasteiger partial charge in [-0.15, -0.1) is 0 Å². The molecule has 1 aliphatic heterocycles. The number of carbonyl (C=O) groups is 1. The maximum atomic E-state index is 13.7. The van der Waals surface area contributed by atoms with Crippen LogP contribution in [0.5, 0.6) is 0 Å². The molecular formula is C26H30N4O3S. The molecule has 1 aliphatic carbocycles. The van der Waals surface area contributed by atoms with Crippen LogP contribution in [0.2, 0.25) is 0 Å². The van der Waals surface area contributed by atoms with E-state index < -0.39 is 15.9 Å². The van der Waals surface area contributed by atoms with Crippen LogP contribution in [0.15, 0.2) is 66.9 Å². The molecule has 178 valence electrons. The van der Waals surface area contributed by atoms with Crippen LogP contribution in [0, 0.1) is 0 Å². The highest BCUT2D eigenvalue weighted by Crippen LogP contribution is 2.32. The first-order valence-electron chi connectivity index (χ1n) is 11.9. The molecule has 1 aromatic heterocycles. The van der Waals surface area contributed by atoms with E-state index in [-0.39, 0.29) is 23.5 Å². The molecule has 2 aliphatic rings. The highest BCUT2D eigenvalue weighted by Gasteiger charge is 2.34. The Balaban J connectivity index is 1.36. The average Bonchev–Trinajstić information content (AvgIpc) is 3.25. The number of aromatic nitrogens is 2. The Morgan fingerprint density at radius 1 is 1.03 bits per heavy atom. The van der Waals surface area contributed by atoms with Crippen LogP contribution >= 0.6 is 0 Å². The zero-order valence-electron chi connectivity index (χ0n) is 19.1. The van der Waals surface area contributed by atoms with Gasteiger partial charge in [-0.2, -0.15) is 5.10 Å². The lowest BCUT2D eigenvalue weighted by Crippen LogP contribution is -2.48. The van der Waals surface area contributed by atoms with Crippen molar-refractivity contribution in [2.75, 3.05) is 24.6 Å². The summed E-state index contributed by atoms with van der Waals surface area (Å²) in [5.74, 6) is 0.0894. The molecule has 0 radical (unpaired) electrons. The summed E-state index contributed by atoms with van der Waals surface area (Å²) in [6, 6.07) is 19.3. The lowest BCUT2D eigenvalue weighted by atomic mass is 9.92. The molecule has 5 rings (SSSR count). The van der Waals surface area contributed by atoms with Crippen molar-refractivity contribution in [3.8, 4) is 0 Å². The lowest BCUT2D eigenvalue weighted by Gasteiger charge is -2.35. The normalized spacial score (nSPS) is 20.9. The van der Waals surface area contributed by atoms with Gasteiger partial charge in [0.2, 0.25) is 5.91 Å². The molecule has 2 unspecified atom stereocenters. The summed E-state index contributed by atoms with van der Waals surface area (Å²) >= 11 is 0. The van der Waals surface area contributed by atoms with Crippen molar-refractivity contribution in [2.24, 2.45) is 0 Å². The van der Waals surface area contributed by atoms with Gasteiger partial charge in [0.1, 0.15) is 6.04 Å². The van der Waals surface area contributed by atoms with Crippen molar-refractivity contribution in [3.63, 3.8) is 0 Å². The van der Waals surface area contributed by atoms with E-state index in [0.29, 0.717) is 19.6 Å². The van der Waals surface area contributed by atoms with E-state index in [1.807, 2.05) is 64.3 Å². The molecule has 8 heteroatoms. The van der Waals surface area contributed by atoms with Gasteiger partial charge in [0.25, 0.3) is 0 Å². The van der Waals surface area contributed by atoms with Crippen LogP contribution in [0.25, 0.3) is 0 Å². The van der Waals surface area contributed by atoms with Gasteiger partial charge < -0.3 is 5.32 Å². The minimum atomic E-state index is -3.03. The Kier molecular flexibility index (Phi) is 6.52. The smallest absolute Gasteiger partial charge is 0.242 e. The van der Waals surface area contributed by atoms with E-state index >= 15 is 0 Å². The SMILES string of the molecule is O=C(NC1CCCc2c1cnn2Cc1ccccc1)C(c1ccccc1)N1CCS(=O)(=O)CC1. The molecule has 1 fully saturated rings. The largest absolute Gasteiger partial charge is 0.348 e. The van der Waals surface area contributed by atoms with E-state index in [0.717, 1.165) is 30.4 Å². The van der Waals surface area contributed by atoms with Gasteiger partial charge in [-0.05, 0) is 30.4 Å². The molecule has 1 amide bonds. The monoisotopic (exact) mass is 478 g/mol. The molecule has 0 saturated carbocycles. The second kappa shape index (κ2) is 9.72. The third-order valence-electron chi connectivity index (χ3n) is 6.86. The Morgan fingerprint density at radius 3 is 2.41 bits per heavy atom. The quantitative estimate of drug-likeness (QED) is 0.589. The standard InChI is InChI=1S/C26H30N4O3S/c31-26(25(21-10-5-2-6-11-21)29-14-16-34(32,33)17-15-29)28-23-12-7-13-24-22(23)18-27-30(24)19-20-8-3-1-4-9-20/h1-6,8-11,18,23,25H,7,12-17,19H2,(H,28,31). The van der Waals surface area contributed by atoms with Crippen LogP contribution in [-0.2, 0) is 27.6 Å². The van der Waals surface area contributed by atoms with E-state index in [9.17, 15) is 13.2 Å². The fourth-order valence-corrected chi connectivity index (χ4v) is 6.29. The summed E-state index contributed by atoms with van der Waals surface area (Å²) in [7, 11) is -3.03. The maximum Gasteiger partial charge on any atom is 0.242 e. The van der Waals surface area contributed by atoms with E-state index in [2.05, 4.69) is 22.5 Å². The van der Waals surface area contributed by atoms with Gasteiger partial charge in [-0.25, -0.2) is 8.42 Å². The fourth-order valence-electron chi connectivity index (χ4n) is 5.06. The topological polar surface area (TPSA) is 84.3 Å². The molecule has 1 saturated heterocycles. The number of rotatable bonds is 6. The number of hydrogen-bond acceptors (Lipinski definition) is 5. The second-order valence-electron chi connectivity index (χ2n) is 9.14. The van der Waals surface area contributed by atoms with Crippen molar-refractivity contribution in [1.29, 1.82) is 0 Å². The van der Waals surface area contributed by atoms with Crippen molar-refractivity contribution in [2.45, 2.75) is 37.9 Å². The van der Waals surface area contributed by atoms with Crippen molar-refractivity contribution >= 4 is 15.7 Å². The van der Waals surface area contributed by atoms with Gasteiger partial charge in [0.15, 0.2) is 9.84 Å². The molecule has 2 aromatic carbocycles. The van der Waals surface area contributed by atoms with Gasteiger partial charge in [-0.1, -0.05) is 60.7 Å². The Morgan fingerprint density at radius 2 is 1.71 bits per heavy atom. The summed E-state index contributed by atoms with van der Waals surface area (Å²) in [5, 5.41) is 7.93. The predicted octanol–water partition coefficient (Wildman–Crippen LogP) is 2.90. The van der Waals surface area contributed by atoms with Crippen LogP contribution in [0.1, 0.15) is 47.3 Å². The zero-order valence-corrected chi connectivity index (χ0v) is 20.0. The van der Waals surface area contributed by atoms with Crippen molar-refractivity contribution in [3.05, 3.63) is 89.2 Å². The minimum absolute atomic E-state index is 0.0841. The molecule has 1 N–H and O–H groups in total. The van der Waals surface area contributed by atoms with Crippen molar-refractivity contribution in [1.82, 2.24) is 20.0 Å². The molecule has 7 nitrogen and oxygen atoms in total. The molecular weight excluding hydrogens is 448 g/mol. The Hall–Kier alpha value is -2.97. The predicted molar refractivity (Wildman–Crippen MR) is 131 cm³/mol. The lowest BCUT2D eigenvalue weighted by molar-refractivity contribution is -0.127. The van der Waals surface area contributed by atoms with Gasteiger partial charge in [0, 0.05) is 24.3 Å². The van der Waals surface area contributed by atoms with Crippen LogP contribution < -0.4 is 5.32 Å². The fraction of sp³-hybridized carbons (Fsp3) is 0.385. The number of fused-ring (bicyclic) bond motifs is 1. The highest BCUT2D eigenvalue weighted by atomic mass is 32.2. The molecule has 2 heterocycles. The summed E-state index contributed by atoms with van der Waals surface area (Å²) < 4.78 is 26.0. The average molecular weight is 479 g/mol. The summed E-state index contributed by atoms with van der Waals surface area (Å²) in [5.41, 5.74) is 4.35. The first-order valence-corrected chi connectivity index (χ1v) is 13.7.